The zero-order valence-electron chi connectivity index (χ0n) is 9.23. The van der Waals surface area contributed by atoms with Gasteiger partial charge in [-0.25, -0.2) is 0 Å². The van der Waals surface area contributed by atoms with E-state index in [0.29, 0.717) is 6.41 Å². The molecule has 13 heavy (non-hydrogen) atoms. The summed E-state index contributed by atoms with van der Waals surface area (Å²) in [6.45, 7) is 4.25. The predicted molar refractivity (Wildman–Crippen MR) is 56.6 cm³/mol. The molecule has 0 aromatic rings. The van der Waals surface area contributed by atoms with E-state index >= 15 is 0 Å². The predicted octanol–water partition coefficient (Wildman–Crippen LogP) is 2.73. The summed E-state index contributed by atoms with van der Waals surface area (Å²) < 4.78 is 0. The van der Waals surface area contributed by atoms with Crippen LogP contribution in [0.3, 0.4) is 0 Å². The summed E-state index contributed by atoms with van der Waals surface area (Å²) in [6.07, 6.45) is 9.65. The van der Waals surface area contributed by atoms with E-state index in [-0.39, 0.29) is 0 Å². The van der Waals surface area contributed by atoms with Crippen LogP contribution in [-0.4, -0.2) is 13.5 Å². The van der Waals surface area contributed by atoms with Crippen LogP contribution in [0.15, 0.2) is 0 Å². The molecule has 1 spiro atoms. The number of carbonyl (C=O) groups is 1. The maximum atomic E-state index is 9.06. The molecule has 2 heteroatoms. The van der Waals surface area contributed by atoms with Crippen LogP contribution in [0.1, 0.15) is 52.4 Å². The standard InChI is InChI=1S/C6H10.C3H8.C2H5NO/c1-2-6(3-1)4-5-6;1-3-2;1-3-2-4/h1-5H2;3H2,1-2H3;2H,1H3,(H,3,4). The van der Waals surface area contributed by atoms with Crippen LogP contribution in [0, 0.1) is 5.41 Å². The lowest BCUT2D eigenvalue weighted by atomic mass is 9.82. The fourth-order valence-corrected chi connectivity index (χ4v) is 1.35. The largest absolute Gasteiger partial charge is 0.362 e. The van der Waals surface area contributed by atoms with Gasteiger partial charge in [0.05, 0.1) is 0 Å². The number of hydrogen-bond acceptors (Lipinski definition) is 1. The molecule has 0 radical (unpaired) electrons. The molecule has 1 amide bonds. The van der Waals surface area contributed by atoms with Gasteiger partial charge < -0.3 is 5.32 Å². The van der Waals surface area contributed by atoms with Gasteiger partial charge in [-0.1, -0.05) is 26.7 Å². The van der Waals surface area contributed by atoms with Crippen LogP contribution in [0.2, 0.25) is 0 Å². The molecular weight excluding hydrogens is 162 g/mol. The van der Waals surface area contributed by atoms with Gasteiger partial charge in [-0.15, -0.1) is 0 Å². The summed E-state index contributed by atoms with van der Waals surface area (Å²) in [7, 11) is 1.56. The second-order valence-electron chi connectivity index (χ2n) is 3.97. The van der Waals surface area contributed by atoms with Crippen molar-refractivity contribution < 1.29 is 4.79 Å². The lowest BCUT2D eigenvalue weighted by Gasteiger charge is -2.23. The Balaban J connectivity index is 0.000000184. The maximum Gasteiger partial charge on any atom is 0.206 e. The van der Waals surface area contributed by atoms with Crippen molar-refractivity contribution >= 4 is 6.41 Å². The Labute approximate surface area is 82.1 Å². The number of hydrogen-bond donors (Lipinski definition) is 1. The van der Waals surface area contributed by atoms with Crippen molar-refractivity contribution in [3.8, 4) is 0 Å². The zero-order valence-corrected chi connectivity index (χ0v) is 9.23. The van der Waals surface area contributed by atoms with Crippen LogP contribution in [0.5, 0.6) is 0 Å². The first-order valence-electron chi connectivity index (χ1n) is 5.35. The van der Waals surface area contributed by atoms with Crippen molar-refractivity contribution in [2.75, 3.05) is 7.05 Å². The molecule has 0 aromatic heterocycles. The third kappa shape index (κ3) is 5.67. The average Bonchev–Trinajstić information content (AvgIpc) is 2.84. The molecule has 0 aliphatic heterocycles. The Kier molecular flexibility index (Phi) is 6.65. The molecule has 0 aromatic carbocycles. The molecule has 0 saturated heterocycles. The van der Waals surface area contributed by atoms with Crippen LogP contribution in [0.4, 0.5) is 0 Å². The molecule has 2 rings (SSSR count). The first-order valence-corrected chi connectivity index (χ1v) is 5.35. The third-order valence-corrected chi connectivity index (χ3v) is 2.49. The summed E-state index contributed by atoms with van der Waals surface area (Å²) in [5.41, 5.74) is 0.972. The minimum absolute atomic E-state index is 0.625. The van der Waals surface area contributed by atoms with E-state index in [2.05, 4.69) is 19.2 Å². The van der Waals surface area contributed by atoms with E-state index in [4.69, 9.17) is 4.79 Å². The van der Waals surface area contributed by atoms with Gasteiger partial charge in [0, 0.05) is 7.05 Å². The number of carbonyl (C=O) groups excluding carboxylic acids is 1. The zero-order chi connectivity index (χ0) is 10.2. The van der Waals surface area contributed by atoms with Crippen LogP contribution in [-0.2, 0) is 4.79 Å². The second kappa shape index (κ2) is 6.93. The van der Waals surface area contributed by atoms with E-state index in [1.165, 1.54) is 12.8 Å². The molecule has 2 aliphatic rings. The molecule has 78 valence electrons. The van der Waals surface area contributed by atoms with Crippen molar-refractivity contribution in [1.82, 2.24) is 5.32 Å². The van der Waals surface area contributed by atoms with E-state index < -0.39 is 0 Å². The fourth-order valence-electron chi connectivity index (χ4n) is 1.35. The average molecular weight is 185 g/mol. The molecule has 2 aliphatic carbocycles. The number of rotatable bonds is 1. The van der Waals surface area contributed by atoms with Gasteiger partial charge in [0.1, 0.15) is 0 Å². The first-order chi connectivity index (χ1) is 6.24. The van der Waals surface area contributed by atoms with Gasteiger partial charge in [-0.3, -0.25) is 4.79 Å². The van der Waals surface area contributed by atoms with Gasteiger partial charge in [0.15, 0.2) is 0 Å². The van der Waals surface area contributed by atoms with Gasteiger partial charge >= 0.3 is 0 Å². The van der Waals surface area contributed by atoms with Crippen LogP contribution < -0.4 is 5.32 Å². The highest BCUT2D eigenvalue weighted by Gasteiger charge is 2.46. The van der Waals surface area contributed by atoms with Crippen molar-refractivity contribution in [1.29, 1.82) is 0 Å². The number of nitrogens with one attached hydrogen (secondary N) is 1. The van der Waals surface area contributed by atoms with Crippen molar-refractivity contribution in [2.24, 2.45) is 5.41 Å². The molecular formula is C11H23NO. The Morgan fingerprint density at radius 2 is 1.62 bits per heavy atom. The highest BCUT2D eigenvalue weighted by atomic mass is 16.1. The molecule has 0 unspecified atom stereocenters. The summed E-state index contributed by atoms with van der Waals surface area (Å²) in [4.78, 5) is 9.06. The molecule has 0 bridgehead atoms. The summed E-state index contributed by atoms with van der Waals surface area (Å²) >= 11 is 0. The summed E-state index contributed by atoms with van der Waals surface area (Å²) in [5.74, 6) is 0. The normalized spacial score (nSPS) is 19.6. The Hall–Kier alpha value is -0.530. The van der Waals surface area contributed by atoms with Gasteiger partial charge in [-0.2, -0.15) is 0 Å². The SMILES string of the molecule is C1CC2(C1)CC2.CCC.CNC=O. The molecule has 2 saturated carbocycles. The fraction of sp³-hybridized carbons (Fsp3) is 0.909. The van der Waals surface area contributed by atoms with E-state index in [1.807, 2.05) is 0 Å². The lowest BCUT2D eigenvalue weighted by molar-refractivity contribution is -0.109. The van der Waals surface area contributed by atoms with Gasteiger partial charge in [0.25, 0.3) is 0 Å². The van der Waals surface area contributed by atoms with E-state index in [1.54, 1.807) is 32.7 Å². The minimum atomic E-state index is 0.625. The monoisotopic (exact) mass is 185 g/mol. The van der Waals surface area contributed by atoms with Gasteiger partial charge in [-0.05, 0) is 31.1 Å². The summed E-state index contributed by atoms with van der Waals surface area (Å²) in [6, 6.07) is 0. The van der Waals surface area contributed by atoms with Gasteiger partial charge in [0.2, 0.25) is 6.41 Å². The second-order valence-corrected chi connectivity index (χ2v) is 3.97. The van der Waals surface area contributed by atoms with Crippen molar-refractivity contribution in [3.05, 3.63) is 0 Å². The molecule has 2 fully saturated rings. The molecule has 0 atom stereocenters. The van der Waals surface area contributed by atoms with Crippen LogP contribution in [0.25, 0.3) is 0 Å². The smallest absolute Gasteiger partial charge is 0.206 e. The van der Waals surface area contributed by atoms with Crippen molar-refractivity contribution in [3.63, 3.8) is 0 Å². The Morgan fingerprint density at radius 1 is 1.23 bits per heavy atom. The molecule has 0 heterocycles. The minimum Gasteiger partial charge on any atom is -0.362 e. The maximum absolute atomic E-state index is 9.06. The molecule has 2 nitrogen and oxygen atoms in total. The first kappa shape index (κ1) is 12.5. The quantitative estimate of drug-likeness (QED) is 0.625. The third-order valence-electron chi connectivity index (χ3n) is 2.49. The number of amides is 1. The van der Waals surface area contributed by atoms with Crippen LogP contribution >= 0.6 is 0 Å². The van der Waals surface area contributed by atoms with Crippen molar-refractivity contribution in [2.45, 2.75) is 52.4 Å². The molecule has 1 N–H and O–H groups in total. The lowest BCUT2D eigenvalue weighted by Crippen LogP contribution is -2.10. The van der Waals surface area contributed by atoms with E-state index in [0.717, 1.165) is 5.41 Å². The highest BCUT2D eigenvalue weighted by Crippen LogP contribution is 2.60. The summed E-state index contributed by atoms with van der Waals surface area (Å²) in [5, 5.41) is 2.25. The topological polar surface area (TPSA) is 29.1 Å². The highest BCUT2D eigenvalue weighted by molar-refractivity contribution is 5.44. The Bertz CT molecular complexity index is 124. The van der Waals surface area contributed by atoms with E-state index in [9.17, 15) is 0 Å². The Morgan fingerprint density at radius 3 is 1.62 bits per heavy atom.